The van der Waals surface area contributed by atoms with Crippen LogP contribution < -0.4 is 25.2 Å². The van der Waals surface area contributed by atoms with Crippen LogP contribution in [0.4, 0.5) is 22.1 Å². The number of aliphatic hydroxyl groups is 2. The van der Waals surface area contributed by atoms with Crippen LogP contribution in [0, 0.1) is 0 Å². The highest BCUT2D eigenvalue weighted by Gasteiger charge is 2.40. The lowest BCUT2D eigenvalue weighted by Crippen LogP contribution is -2.48. The molecule has 0 saturated carbocycles. The number of fused-ring (bicyclic) bond motifs is 4. The summed E-state index contributed by atoms with van der Waals surface area (Å²) in [4.78, 5) is 42.8. The van der Waals surface area contributed by atoms with Gasteiger partial charge in [0.2, 0.25) is 0 Å². The van der Waals surface area contributed by atoms with Gasteiger partial charge in [-0.1, -0.05) is 0 Å². The van der Waals surface area contributed by atoms with Crippen molar-refractivity contribution in [3.8, 4) is 5.75 Å². The number of anilines is 3. The molecule has 2 atom stereocenters. The third kappa shape index (κ3) is 5.08. The van der Waals surface area contributed by atoms with Crippen LogP contribution in [0.1, 0.15) is 22.6 Å². The number of hydrogen-bond acceptors (Lipinski definition) is 10. The average Bonchev–Trinajstić information content (AvgIpc) is 3.57. The van der Waals surface area contributed by atoms with Crippen LogP contribution in [-0.4, -0.2) is 75.6 Å². The Kier molecular flexibility index (Phi) is 6.93. The molecule has 1 unspecified atom stereocenters. The van der Waals surface area contributed by atoms with Crippen LogP contribution in [0.5, 0.6) is 5.75 Å². The van der Waals surface area contributed by atoms with Crippen LogP contribution >= 0.6 is 11.3 Å². The maximum Gasteiger partial charge on any atom is 0.329 e. The zero-order valence-corrected chi connectivity index (χ0v) is 20.0. The fourth-order valence-electron chi connectivity index (χ4n) is 4.17. The van der Waals surface area contributed by atoms with Gasteiger partial charge in [-0.25, -0.2) is 19.7 Å². The van der Waals surface area contributed by atoms with E-state index in [0.717, 1.165) is 24.3 Å². The van der Waals surface area contributed by atoms with Gasteiger partial charge in [0, 0.05) is 30.7 Å². The molecular formula is C23H25N7O5S. The summed E-state index contributed by atoms with van der Waals surface area (Å²) in [7, 11) is 0. The van der Waals surface area contributed by atoms with E-state index < -0.39 is 18.7 Å². The summed E-state index contributed by atoms with van der Waals surface area (Å²) in [6.45, 7) is 1.24. The lowest BCUT2D eigenvalue weighted by Gasteiger charge is -2.35. The molecule has 3 amide bonds. The molecule has 13 heteroatoms. The molecule has 12 nitrogen and oxygen atoms in total. The highest BCUT2D eigenvalue weighted by Crippen LogP contribution is 2.39. The molecule has 3 aromatic heterocycles. The summed E-state index contributed by atoms with van der Waals surface area (Å²) in [5.74, 6) is 0.711. The molecule has 0 radical (unpaired) electrons. The first-order chi connectivity index (χ1) is 17.5. The summed E-state index contributed by atoms with van der Waals surface area (Å²) in [5, 5.41) is 25.9. The predicted octanol–water partition coefficient (Wildman–Crippen LogP) is 1.23. The fourth-order valence-corrected chi connectivity index (χ4v) is 4.73. The van der Waals surface area contributed by atoms with E-state index in [0.29, 0.717) is 24.7 Å². The molecule has 1 fully saturated rings. The van der Waals surface area contributed by atoms with E-state index in [1.165, 1.54) is 23.6 Å². The van der Waals surface area contributed by atoms with Crippen molar-refractivity contribution in [3.63, 3.8) is 0 Å². The number of urea groups is 1. The van der Waals surface area contributed by atoms with E-state index in [4.69, 9.17) is 9.84 Å². The number of hydrogen-bond donors (Lipinski definition) is 4. The van der Waals surface area contributed by atoms with Crippen molar-refractivity contribution in [2.24, 2.45) is 0 Å². The standard InChI is InChI=1S/C23H25N7O5S/c31-10-16(32)11-35-17-3-5-24-20(7-17)28-23(34)30-15-4-6-29(9-15)19-2-1-18(27-21(19)30)22(33)25-8-14-12-36-13-26-14/h1-3,5,7,12-13,15-16,31-32H,4,6,8-11H2,(H,25,33)(H,24,28,34)/t15?,16-/m1/s1. The first-order valence-electron chi connectivity index (χ1n) is 11.4. The maximum atomic E-state index is 13.4. The molecule has 5 heterocycles. The molecular weight excluding hydrogens is 486 g/mol. The van der Waals surface area contributed by atoms with Crippen molar-refractivity contribution >= 4 is 40.6 Å². The van der Waals surface area contributed by atoms with Crippen molar-refractivity contribution in [3.05, 3.63) is 52.7 Å². The molecule has 2 aliphatic rings. The second-order valence-corrected chi connectivity index (χ2v) is 9.13. The summed E-state index contributed by atoms with van der Waals surface area (Å²) in [6.07, 6.45) is 1.23. The van der Waals surface area contributed by atoms with Gasteiger partial charge in [0.05, 0.1) is 36.1 Å². The number of amides is 3. The van der Waals surface area contributed by atoms with E-state index in [1.807, 2.05) is 11.4 Å². The van der Waals surface area contributed by atoms with E-state index in [2.05, 4.69) is 30.5 Å². The minimum Gasteiger partial charge on any atom is -0.491 e. The first-order valence-corrected chi connectivity index (χ1v) is 12.4. The lowest BCUT2D eigenvalue weighted by molar-refractivity contribution is 0.0536. The molecule has 4 N–H and O–H groups in total. The second-order valence-electron chi connectivity index (χ2n) is 8.41. The van der Waals surface area contributed by atoms with Gasteiger partial charge in [0.25, 0.3) is 5.91 Å². The molecule has 188 valence electrons. The van der Waals surface area contributed by atoms with E-state index in [1.54, 1.807) is 22.5 Å². The Labute approximate surface area is 210 Å². The number of ether oxygens (including phenoxy) is 1. The van der Waals surface area contributed by atoms with E-state index in [-0.39, 0.29) is 30.1 Å². The average molecular weight is 512 g/mol. The highest BCUT2D eigenvalue weighted by molar-refractivity contribution is 7.07. The Morgan fingerprint density at radius 1 is 1.28 bits per heavy atom. The van der Waals surface area contributed by atoms with E-state index in [9.17, 15) is 14.7 Å². The number of nitrogens with one attached hydrogen (secondary N) is 2. The number of thiazole rings is 1. The van der Waals surface area contributed by atoms with Crippen LogP contribution in [0.15, 0.2) is 41.4 Å². The minimum absolute atomic E-state index is 0.0947. The molecule has 2 bridgehead atoms. The second kappa shape index (κ2) is 10.4. The van der Waals surface area contributed by atoms with Crippen LogP contribution in [0.2, 0.25) is 0 Å². The SMILES string of the molecule is O=C(NCc1cscn1)c1ccc2c(n1)N(C(=O)Nc1cc(OC[C@H](O)CO)ccn1)C1CCN2C1. The quantitative estimate of drug-likeness (QED) is 0.350. The summed E-state index contributed by atoms with van der Waals surface area (Å²) >= 11 is 1.45. The number of aliphatic hydroxyl groups excluding tert-OH is 2. The molecule has 2 aliphatic heterocycles. The van der Waals surface area contributed by atoms with Gasteiger partial charge in [-0.15, -0.1) is 11.3 Å². The van der Waals surface area contributed by atoms with Crippen molar-refractivity contribution in [1.82, 2.24) is 20.3 Å². The first kappa shape index (κ1) is 23.9. The minimum atomic E-state index is -1.01. The lowest BCUT2D eigenvalue weighted by atomic mass is 10.1. The van der Waals surface area contributed by atoms with Crippen molar-refractivity contribution < 1.29 is 24.5 Å². The molecule has 3 aromatic rings. The summed E-state index contributed by atoms with van der Waals surface area (Å²) in [6, 6.07) is 6.08. The Morgan fingerprint density at radius 3 is 2.97 bits per heavy atom. The zero-order chi connectivity index (χ0) is 25.1. The van der Waals surface area contributed by atoms with Crippen LogP contribution in [0.3, 0.4) is 0 Å². The summed E-state index contributed by atoms with van der Waals surface area (Å²) in [5.41, 5.74) is 3.47. The third-order valence-corrected chi connectivity index (χ3v) is 6.57. The number of pyridine rings is 2. The van der Waals surface area contributed by atoms with Crippen LogP contribution in [0.25, 0.3) is 0 Å². The Morgan fingerprint density at radius 2 is 2.17 bits per heavy atom. The molecule has 0 spiro atoms. The molecule has 0 aliphatic carbocycles. The molecule has 36 heavy (non-hydrogen) atoms. The third-order valence-electron chi connectivity index (χ3n) is 5.94. The smallest absolute Gasteiger partial charge is 0.329 e. The number of carbonyl (C=O) groups is 2. The Hall–Kier alpha value is -3.81. The van der Waals surface area contributed by atoms with Crippen molar-refractivity contribution in [2.45, 2.75) is 25.1 Å². The highest BCUT2D eigenvalue weighted by atomic mass is 32.1. The number of carbonyl (C=O) groups excluding carboxylic acids is 2. The molecule has 5 rings (SSSR count). The van der Waals surface area contributed by atoms with Gasteiger partial charge in [0.1, 0.15) is 30.0 Å². The number of rotatable bonds is 8. The largest absolute Gasteiger partial charge is 0.491 e. The zero-order valence-electron chi connectivity index (χ0n) is 19.2. The topological polar surface area (TPSA) is 153 Å². The molecule has 0 aromatic carbocycles. The van der Waals surface area contributed by atoms with Gasteiger partial charge < -0.3 is 25.2 Å². The van der Waals surface area contributed by atoms with Crippen molar-refractivity contribution in [2.75, 3.05) is 41.4 Å². The Bertz CT molecular complexity index is 1240. The normalized spacial score (nSPS) is 16.9. The van der Waals surface area contributed by atoms with Gasteiger partial charge in [-0.05, 0) is 24.6 Å². The summed E-state index contributed by atoms with van der Waals surface area (Å²) < 4.78 is 5.44. The number of aromatic nitrogens is 3. The van der Waals surface area contributed by atoms with Crippen LogP contribution in [-0.2, 0) is 6.54 Å². The predicted molar refractivity (Wildman–Crippen MR) is 132 cm³/mol. The maximum absolute atomic E-state index is 13.4. The molecule has 1 saturated heterocycles. The van der Waals surface area contributed by atoms with Crippen molar-refractivity contribution in [1.29, 1.82) is 0 Å². The van der Waals surface area contributed by atoms with Gasteiger partial charge in [-0.3, -0.25) is 15.0 Å². The number of nitrogens with zero attached hydrogens (tertiary/aromatic N) is 5. The van der Waals surface area contributed by atoms with Gasteiger partial charge in [-0.2, -0.15) is 0 Å². The monoisotopic (exact) mass is 511 g/mol. The Balaban J connectivity index is 1.34. The van der Waals surface area contributed by atoms with Gasteiger partial charge >= 0.3 is 6.03 Å². The fraction of sp³-hybridized carbons (Fsp3) is 0.348. The van der Waals surface area contributed by atoms with Gasteiger partial charge in [0.15, 0.2) is 5.82 Å². The van der Waals surface area contributed by atoms with E-state index >= 15 is 0 Å².